The third-order valence-electron chi connectivity index (χ3n) is 13.8. The van der Waals surface area contributed by atoms with E-state index in [4.69, 9.17) is 0 Å². The molecule has 318 valence electrons. The van der Waals surface area contributed by atoms with Crippen LogP contribution in [0.5, 0.6) is 0 Å². The summed E-state index contributed by atoms with van der Waals surface area (Å²) in [6, 6.07) is 97.6. The standard InChI is InChI=1S/C66H44N2/c1-3-19-46(20-4-1)54-29-13-15-35-63(54)67(65-42-41-58(57-31-11-12-32-59(57)65)56-34-18-25-45-23-7-9-28-52(45)56)51-38-40-53(62(44-51)47-21-5-2-6-22-47)49-26-17-27-50(43-49)68-64-36-16-14-33-60(64)61-39-37-48-24-8-10-30-55(48)66(61)68/h1-44H. The zero-order chi connectivity index (χ0) is 45.0. The fourth-order valence-corrected chi connectivity index (χ4v) is 10.7. The van der Waals surface area contributed by atoms with Crippen molar-refractivity contribution in [2.24, 2.45) is 0 Å². The summed E-state index contributed by atoms with van der Waals surface area (Å²) < 4.78 is 2.46. The van der Waals surface area contributed by atoms with Gasteiger partial charge in [0.15, 0.2) is 0 Å². The van der Waals surface area contributed by atoms with Crippen LogP contribution in [0.1, 0.15) is 0 Å². The summed E-state index contributed by atoms with van der Waals surface area (Å²) in [4.78, 5) is 2.48. The Labute approximate surface area is 395 Å². The van der Waals surface area contributed by atoms with Gasteiger partial charge in [-0.15, -0.1) is 0 Å². The van der Waals surface area contributed by atoms with E-state index < -0.39 is 0 Å². The van der Waals surface area contributed by atoms with Gasteiger partial charge >= 0.3 is 0 Å². The van der Waals surface area contributed by atoms with Crippen molar-refractivity contribution in [3.63, 3.8) is 0 Å². The van der Waals surface area contributed by atoms with Crippen LogP contribution in [0.2, 0.25) is 0 Å². The summed E-state index contributed by atoms with van der Waals surface area (Å²) in [6.45, 7) is 0. The van der Waals surface area contributed by atoms with Crippen molar-refractivity contribution in [2.75, 3.05) is 4.90 Å². The summed E-state index contributed by atoms with van der Waals surface area (Å²) in [5.74, 6) is 0. The molecule has 0 N–H and O–H groups in total. The van der Waals surface area contributed by atoms with Crippen molar-refractivity contribution in [2.45, 2.75) is 0 Å². The third kappa shape index (κ3) is 6.57. The number of para-hydroxylation sites is 2. The van der Waals surface area contributed by atoms with Crippen molar-refractivity contribution >= 4 is 71.2 Å². The van der Waals surface area contributed by atoms with Crippen molar-refractivity contribution in [1.29, 1.82) is 0 Å². The predicted octanol–water partition coefficient (Wildman–Crippen LogP) is 18.4. The minimum absolute atomic E-state index is 1.07. The van der Waals surface area contributed by atoms with Gasteiger partial charge in [-0.1, -0.05) is 224 Å². The van der Waals surface area contributed by atoms with Crippen molar-refractivity contribution in [3.05, 3.63) is 267 Å². The number of fused-ring (bicyclic) bond motifs is 7. The first-order chi connectivity index (χ1) is 33.8. The molecule has 1 heterocycles. The Morgan fingerprint density at radius 3 is 1.63 bits per heavy atom. The van der Waals surface area contributed by atoms with Gasteiger partial charge in [-0.25, -0.2) is 0 Å². The molecule has 0 radical (unpaired) electrons. The van der Waals surface area contributed by atoms with E-state index >= 15 is 0 Å². The topological polar surface area (TPSA) is 8.17 Å². The molecule has 0 unspecified atom stereocenters. The molecule has 0 amide bonds. The molecule has 2 nitrogen and oxygen atoms in total. The Morgan fingerprint density at radius 2 is 0.824 bits per heavy atom. The fraction of sp³-hybridized carbons (Fsp3) is 0. The van der Waals surface area contributed by atoms with Gasteiger partial charge in [-0.05, 0) is 103 Å². The van der Waals surface area contributed by atoms with Crippen molar-refractivity contribution in [1.82, 2.24) is 4.57 Å². The summed E-state index contributed by atoms with van der Waals surface area (Å²) in [5, 5.41) is 9.85. The van der Waals surface area contributed by atoms with Crippen LogP contribution >= 0.6 is 0 Å². The number of anilines is 3. The quantitative estimate of drug-likeness (QED) is 0.148. The summed E-state index contributed by atoms with van der Waals surface area (Å²) >= 11 is 0. The number of benzene rings is 12. The highest BCUT2D eigenvalue weighted by molar-refractivity contribution is 6.19. The molecular formula is C66H44N2. The zero-order valence-corrected chi connectivity index (χ0v) is 37.3. The molecule has 2 heteroatoms. The van der Waals surface area contributed by atoms with Crippen LogP contribution in [-0.2, 0) is 0 Å². The molecule has 0 saturated carbocycles. The minimum atomic E-state index is 1.07. The second-order valence-electron chi connectivity index (χ2n) is 17.6. The highest BCUT2D eigenvalue weighted by Gasteiger charge is 2.23. The van der Waals surface area contributed by atoms with Crippen LogP contribution in [0.3, 0.4) is 0 Å². The third-order valence-corrected chi connectivity index (χ3v) is 13.8. The Morgan fingerprint density at radius 1 is 0.265 bits per heavy atom. The molecule has 0 aliphatic carbocycles. The van der Waals surface area contributed by atoms with Gasteiger partial charge in [0.2, 0.25) is 0 Å². The second kappa shape index (κ2) is 16.5. The average Bonchev–Trinajstić information content (AvgIpc) is 3.76. The molecule has 1 aromatic heterocycles. The first kappa shape index (κ1) is 39.4. The van der Waals surface area contributed by atoms with E-state index in [1.165, 1.54) is 76.4 Å². The maximum atomic E-state index is 2.48. The molecular weight excluding hydrogens is 821 g/mol. The highest BCUT2D eigenvalue weighted by atomic mass is 15.1. The van der Waals surface area contributed by atoms with E-state index in [9.17, 15) is 0 Å². The fourth-order valence-electron chi connectivity index (χ4n) is 10.7. The van der Waals surface area contributed by atoms with Crippen LogP contribution in [0.25, 0.3) is 104 Å². The molecule has 0 atom stereocenters. The van der Waals surface area contributed by atoms with Crippen LogP contribution in [-0.4, -0.2) is 4.57 Å². The van der Waals surface area contributed by atoms with E-state index in [-0.39, 0.29) is 0 Å². The first-order valence-corrected chi connectivity index (χ1v) is 23.4. The maximum Gasteiger partial charge on any atom is 0.0619 e. The maximum absolute atomic E-state index is 2.48. The first-order valence-electron chi connectivity index (χ1n) is 23.4. The van der Waals surface area contributed by atoms with Gasteiger partial charge in [0, 0.05) is 38.5 Å². The van der Waals surface area contributed by atoms with Gasteiger partial charge in [0.05, 0.1) is 22.4 Å². The smallest absolute Gasteiger partial charge is 0.0619 e. The lowest BCUT2D eigenvalue weighted by Crippen LogP contribution is -2.12. The Bertz CT molecular complexity index is 4030. The predicted molar refractivity (Wildman–Crippen MR) is 290 cm³/mol. The Kier molecular flexibility index (Phi) is 9.54. The van der Waals surface area contributed by atoms with Crippen LogP contribution in [0, 0.1) is 0 Å². The molecule has 0 saturated heterocycles. The second-order valence-corrected chi connectivity index (χ2v) is 17.6. The van der Waals surface area contributed by atoms with Gasteiger partial charge < -0.3 is 9.47 Å². The molecule has 0 aliphatic heterocycles. The normalized spacial score (nSPS) is 11.5. The number of aromatic nitrogens is 1. The van der Waals surface area contributed by atoms with Gasteiger partial charge in [-0.2, -0.15) is 0 Å². The lowest BCUT2D eigenvalue weighted by molar-refractivity contribution is 1.19. The highest BCUT2D eigenvalue weighted by Crippen LogP contribution is 2.48. The molecule has 68 heavy (non-hydrogen) atoms. The largest absolute Gasteiger partial charge is 0.309 e. The van der Waals surface area contributed by atoms with Gasteiger partial charge in [-0.3, -0.25) is 0 Å². The molecule has 13 rings (SSSR count). The zero-order valence-electron chi connectivity index (χ0n) is 37.3. The van der Waals surface area contributed by atoms with E-state index in [0.29, 0.717) is 0 Å². The lowest BCUT2D eigenvalue weighted by Gasteiger charge is -2.30. The Balaban J connectivity index is 1.04. The Hall–Kier alpha value is -8.98. The van der Waals surface area contributed by atoms with E-state index in [2.05, 4.69) is 276 Å². The molecule has 0 spiro atoms. The monoisotopic (exact) mass is 864 g/mol. The number of hydrogen-bond acceptors (Lipinski definition) is 1. The van der Waals surface area contributed by atoms with Gasteiger partial charge in [0.25, 0.3) is 0 Å². The van der Waals surface area contributed by atoms with E-state index in [1.54, 1.807) is 0 Å². The van der Waals surface area contributed by atoms with Gasteiger partial charge in [0.1, 0.15) is 0 Å². The van der Waals surface area contributed by atoms with Crippen LogP contribution in [0.4, 0.5) is 17.1 Å². The number of rotatable bonds is 8. The molecule has 13 aromatic rings. The van der Waals surface area contributed by atoms with E-state index in [0.717, 1.165) is 45.0 Å². The minimum Gasteiger partial charge on any atom is -0.309 e. The molecule has 0 bridgehead atoms. The number of hydrogen-bond donors (Lipinski definition) is 0. The van der Waals surface area contributed by atoms with Crippen molar-refractivity contribution < 1.29 is 0 Å². The molecule has 0 aliphatic rings. The summed E-state index contributed by atoms with van der Waals surface area (Å²) in [7, 11) is 0. The van der Waals surface area contributed by atoms with Crippen molar-refractivity contribution in [3.8, 4) is 50.2 Å². The molecule has 0 fully saturated rings. The number of nitrogens with zero attached hydrogens (tertiary/aromatic N) is 2. The summed E-state index contributed by atoms with van der Waals surface area (Å²) in [5.41, 5.74) is 16.3. The summed E-state index contributed by atoms with van der Waals surface area (Å²) in [6.07, 6.45) is 0. The van der Waals surface area contributed by atoms with E-state index in [1.807, 2.05) is 0 Å². The lowest BCUT2D eigenvalue weighted by atomic mass is 9.91. The SMILES string of the molecule is c1ccc(-c2cc(N(c3ccccc3-c3ccccc3)c3ccc(-c4cccc5ccccc45)c4ccccc34)ccc2-c2cccc(-n3c4ccccc4c4ccc5ccccc5c43)c2)cc1. The average molecular weight is 865 g/mol. The van der Waals surface area contributed by atoms with Crippen LogP contribution < -0.4 is 4.90 Å². The van der Waals surface area contributed by atoms with Crippen LogP contribution in [0.15, 0.2) is 267 Å². The molecule has 12 aromatic carbocycles.